The highest BCUT2D eigenvalue weighted by Gasteiger charge is 2.38. The van der Waals surface area contributed by atoms with Crippen LogP contribution in [0.25, 0.3) is 11.0 Å². The average Bonchev–Trinajstić information content (AvgIpc) is 2.94. The molecule has 1 fully saturated rings. The summed E-state index contributed by atoms with van der Waals surface area (Å²) in [6.45, 7) is 0.173. The van der Waals surface area contributed by atoms with Crippen LogP contribution in [-0.4, -0.2) is 47.4 Å². The predicted octanol–water partition coefficient (Wildman–Crippen LogP) is 3.29. The number of fused-ring (bicyclic) bond motifs is 1. The van der Waals surface area contributed by atoms with Gasteiger partial charge in [-0.3, -0.25) is 19.5 Å². The average molecular weight is 554 g/mol. The monoisotopic (exact) mass is 553 g/mol. The van der Waals surface area contributed by atoms with Gasteiger partial charge in [-0.15, -0.1) is 0 Å². The summed E-state index contributed by atoms with van der Waals surface area (Å²) in [6, 6.07) is 12.8. The Balaban J connectivity index is 1.34. The second kappa shape index (κ2) is 10.3. The number of rotatable bonds is 6. The molecule has 0 saturated carbocycles. The van der Waals surface area contributed by atoms with Gasteiger partial charge in [-0.1, -0.05) is 18.2 Å². The summed E-state index contributed by atoms with van der Waals surface area (Å²) < 4.78 is 56.9. The Morgan fingerprint density at radius 2 is 1.77 bits per heavy atom. The predicted molar refractivity (Wildman–Crippen MR) is 140 cm³/mol. The highest BCUT2D eigenvalue weighted by Crippen LogP contribution is 2.35. The number of nitrogens with one attached hydrogen (secondary N) is 1. The van der Waals surface area contributed by atoms with Crippen molar-refractivity contribution in [2.75, 3.05) is 17.8 Å². The normalized spacial score (nSPS) is 15.3. The Hall–Kier alpha value is -4.00. The first-order valence-corrected chi connectivity index (χ1v) is 13.6. The van der Waals surface area contributed by atoms with Crippen LogP contribution in [0.1, 0.15) is 34.3 Å². The lowest BCUT2D eigenvalue weighted by Gasteiger charge is -2.38. The maximum absolute atomic E-state index is 14.3. The standard InChI is InChI=1S/C27H25F2N5O4S/c28-20-4-1-3-19(24(20)29)27(36)9-13-34(14-10-27)26(35)17-7-8-21(18(15-17)16-30)33-39(37,38)23-6-2-5-22-25(23)32-12-11-31-22/h1-8,11-12,15,33,36H,9-10,13-14,16,30H2. The van der Waals surface area contributed by atoms with E-state index in [0.717, 1.165) is 6.07 Å². The van der Waals surface area contributed by atoms with Gasteiger partial charge in [0.1, 0.15) is 10.4 Å². The zero-order chi connectivity index (χ0) is 27.8. The topological polar surface area (TPSA) is 139 Å². The molecule has 3 aromatic carbocycles. The fourth-order valence-corrected chi connectivity index (χ4v) is 6.04. The number of benzene rings is 3. The van der Waals surface area contributed by atoms with Crippen LogP contribution in [0.4, 0.5) is 14.5 Å². The third kappa shape index (κ3) is 5.05. The second-order valence-corrected chi connectivity index (χ2v) is 10.9. The molecule has 2 heterocycles. The zero-order valence-electron chi connectivity index (χ0n) is 20.6. The molecule has 4 N–H and O–H groups in total. The number of carbonyl (C=O) groups excluding carboxylic acids is 1. The van der Waals surface area contributed by atoms with E-state index < -0.39 is 27.3 Å². The van der Waals surface area contributed by atoms with E-state index in [4.69, 9.17) is 5.73 Å². The van der Waals surface area contributed by atoms with E-state index in [0.29, 0.717) is 11.1 Å². The first-order valence-electron chi connectivity index (χ1n) is 12.1. The van der Waals surface area contributed by atoms with E-state index in [2.05, 4.69) is 14.7 Å². The molecule has 0 radical (unpaired) electrons. The SMILES string of the molecule is NCc1cc(C(=O)N2CCC(O)(c3cccc(F)c3F)CC2)ccc1NS(=O)(=O)c1cccc2nccnc12. The van der Waals surface area contributed by atoms with Gasteiger partial charge in [-0.25, -0.2) is 17.2 Å². The lowest BCUT2D eigenvalue weighted by atomic mass is 9.84. The van der Waals surface area contributed by atoms with E-state index in [9.17, 15) is 27.1 Å². The molecule has 1 aliphatic heterocycles. The Bertz CT molecular complexity index is 1670. The number of nitrogens with two attached hydrogens (primary N) is 1. The summed E-state index contributed by atoms with van der Waals surface area (Å²) in [7, 11) is -4.06. The van der Waals surface area contributed by atoms with E-state index in [1.807, 2.05) is 0 Å². The molecule has 0 aliphatic carbocycles. The number of aliphatic hydroxyl groups is 1. The maximum atomic E-state index is 14.3. The first kappa shape index (κ1) is 26.6. The summed E-state index contributed by atoms with van der Waals surface area (Å²) in [5.41, 5.74) is 5.69. The summed E-state index contributed by atoms with van der Waals surface area (Å²) in [4.78, 5) is 23.0. The molecule has 9 nitrogen and oxygen atoms in total. The number of piperidine rings is 1. The van der Waals surface area contributed by atoms with Crippen molar-refractivity contribution in [3.63, 3.8) is 0 Å². The molecule has 0 spiro atoms. The van der Waals surface area contributed by atoms with E-state index in [-0.39, 0.29) is 65.6 Å². The molecule has 4 aromatic rings. The van der Waals surface area contributed by atoms with Crippen molar-refractivity contribution in [2.45, 2.75) is 29.9 Å². The third-order valence-electron chi connectivity index (χ3n) is 6.90. The number of para-hydroxylation sites is 1. The molecule has 0 bridgehead atoms. The van der Waals surface area contributed by atoms with E-state index in [1.54, 1.807) is 12.1 Å². The van der Waals surface area contributed by atoms with Crippen molar-refractivity contribution in [1.29, 1.82) is 0 Å². The number of amides is 1. The molecule has 0 atom stereocenters. The number of halogens is 2. The fourth-order valence-electron chi connectivity index (χ4n) is 4.77. The highest BCUT2D eigenvalue weighted by atomic mass is 32.2. The number of sulfonamides is 1. The van der Waals surface area contributed by atoms with Crippen molar-refractivity contribution in [3.8, 4) is 0 Å². The largest absolute Gasteiger partial charge is 0.385 e. The van der Waals surface area contributed by atoms with Crippen molar-refractivity contribution < 1.29 is 27.1 Å². The number of hydrogen-bond acceptors (Lipinski definition) is 7. The van der Waals surface area contributed by atoms with Crippen molar-refractivity contribution >= 4 is 32.7 Å². The van der Waals surface area contributed by atoms with Crippen LogP contribution in [0.2, 0.25) is 0 Å². The lowest BCUT2D eigenvalue weighted by Crippen LogP contribution is -2.45. The molecule has 1 aliphatic rings. The molecular formula is C27H25F2N5O4S. The van der Waals surface area contributed by atoms with Crippen LogP contribution in [0.15, 0.2) is 71.9 Å². The van der Waals surface area contributed by atoms with Crippen LogP contribution in [0.3, 0.4) is 0 Å². The fraction of sp³-hybridized carbons (Fsp3) is 0.222. The Morgan fingerprint density at radius 3 is 2.51 bits per heavy atom. The number of aromatic nitrogens is 2. The highest BCUT2D eigenvalue weighted by molar-refractivity contribution is 7.93. The smallest absolute Gasteiger partial charge is 0.264 e. The minimum atomic E-state index is -4.06. The van der Waals surface area contributed by atoms with Gasteiger partial charge >= 0.3 is 0 Å². The third-order valence-corrected chi connectivity index (χ3v) is 8.30. The van der Waals surface area contributed by atoms with Crippen LogP contribution in [0, 0.1) is 11.6 Å². The van der Waals surface area contributed by atoms with Crippen molar-refractivity contribution in [2.24, 2.45) is 5.73 Å². The molecule has 0 unspecified atom stereocenters. The van der Waals surface area contributed by atoms with Crippen LogP contribution in [-0.2, 0) is 22.2 Å². The quantitative estimate of drug-likeness (QED) is 0.333. The van der Waals surface area contributed by atoms with Gasteiger partial charge < -0.3 is 15.7 Å². The Morgan fingerprint density at radius 1 is 1.05 bits per heavy atom. The molecule has 5 rings (SSSR count). The summed E-state index contributed by atoms with van der Waals surface area (Å²) in [6.07, 6.45) is 2.92. The van der Waals surface area contributed by atoms with Gasteiger partial charge in [0.2, 0.25) is 0 Å². The molecule has 1 aromatic heterocycles. The second-order valence-electron chi connectivity index (χ2n) is 9.29. The molecule has 1 amide bonds. The van der Waals surface area contributed by atoms with Crippen molar-refractivity contribution in [3.05, 3.63) is 95.3 Å². The summed E-state index contributed by atoms with van der Waals surface area (Å²) in [5, 5.41) is 11.0. The molecule has 39 heavy (non-hydrogen) atoms. The molecular weight excluding hydrogens is 528 g/mol. The lowest BCUT2D eigenvalue weighted by molar-refractivity contribution is -0.0240. The summed E-state index contributed by atoms with van der Waals surface area (Å²) in [5.74, 6) is -2.50. The zero-order valence-corrected chi connectivity index (χ0v) is 21.5. The van der Waals surface area contributed by atoms with E-state index in [1.165, 1.54) is 53.7 Å². The van der Waals surface area contributed by atoms with Gasteiger partial charge in [0, 0.05) is 43.2 Å². The number of carbonyl (C=O) groups is 1. The van der Waals surface area contributed by atoms with Gasteiger partial charge in [-0.05, 0) is 54.8 Å². The Labute approximate surface area is 223 Å². The van der Waals surface area contributed by atoms with Gasteiger partial charge in [-0.2, -0.15) is 0 Å². The number of hydrogen-bond donors (Lipinski definition) is 3. The molecule has 1 saturated heterocycles. The minimum Gasteiger partial charge on any atom is -0.385 e. The maximum Gasteiger partial charge on any atom is 0.264 e. The molecule has 12 heteroatoms. The van der Waals surface area contributed by atoms with Crippen LogP contribution in [0.5, 0.6) is 0 Å². The van der Waals surface area contributed by atoms with Gasteiger partial charge in [0.05, 0.1) is 16.8 Å². The van der Waals surface area contributed by atoms with Crippen LogP contribution < -0.4 is 10.5 Å². The number of anilines is 1. The molecule has 202 valence electrons. The van der Waals surface area contributed by atoms with Crippen LogP contribution >= 0.6 is 0 Å². The minimum absolute atomic E-state index is 0.0225. The number of nitrogens with zero attached hydrogens (tertiary/aromatic N) is 3. The Kier molecular flexibility index (Phi) is 7.02. The van der Waals surface area contributed by atoms with E-state index >= 15 is 0 Å². The first-order chi connectivity index (χ1) is 18.6. The summed E-state index contributed by atoms with van der Waals surface area (Å²) >= 11 is 0. The van der Waals surface area contributed by atoms with Gasteiger partial charge in [0.15, 0.2) is 11.6 Å². The number of likely N-dealkylation sites (tertiary alicyclic amines) is 1. The van der Waals surface area contributed by atoms with Gasteiger partial charge in [0.25, 0.3) is 15.9 Å². The van der Waals surface area contributed by atoms with Crippen molar-refractivity contribution in [1.82, 2.24) is 14.9 Å².